The second-order valence-corrected chi connectivity index (χ2v) is 5.70. The average Bonchev–Trinajstić information content (AvgIpc) is 2.86. The molecule has 2 aliphatic rings. The zero-order chi connectivity index (χ0) is 12.7. The fourth-order valence-electron chi connectivity index (χ4n) is 3.30. The Labute approximate surface area is 108 Å². The van der Waals surface area contributed by atoms with Gasteiger partial charge in [0.25, 0.3) is 5.91 Å². The van der Waals surface area contributed by atoms with E-state index in [1.54, 1.807) is 0 Å². The summed E-state index contributed by atoms with van der Waals surface area (Å²) >= 11 is 0. The number of nitrogens with one attached hydrogen (secondary N) is 1. The van der Waals surface area contributed by atoms with E-state index in [0.29, 0.717) is 12.0 Å². The van der Waals surface area contributed by atoms with Gasteiger partial charge in [0.05, 0.1) is 0 Å². The second kappa shape index (κ2) is 4.39. The molecule has 2 atom stereocenters. The van der Waals surface area contributed by atoms with Crippen molar-refractivity contribution in [3.8, 4) is 0 Å². The van der Waals surface area contributed by atoms with Gasteiger partial charge in [0, 0.05) is 24.7 Å². The van der Waals surface area contributed by atoms with Crippen LogP contribution in [0, 0.1) is 19.8 Å². The number of carbonyl (C=O) groups is 1. The number of fused-ring (bicyclic) bond motifs is 1. The van der Waals surface area contributed by atoms with Crippen molar-refractivity contribution in [2.45, 2.75) is 26.3 Å². The van der Waals surface area contributed by atoms with Crippen molar-refractivity contribution >= 4 is 5.91 Å². The molecule has 1 amide bonds. The van der Waals surface area contributed by atoms with E-state index in [9.17, 15) is 4.79 Å². The van der Waals surface area contributed by atoms with Crippen molar-refractivity contribution in [3.63, 3.8) is 0 Å². The number of likely N-dealkylation sites (tertiary alicyclic amines) is 1. The van der Waals surface area contributed by atoms with E-state index in [2.05, 4.69) is 11.4 Å². The molecular formula is C15H20N2O. The molecule has 1 aromatic rings. The van der Waals surface area contributed by atoms with E-state index in [0.717, 1.165) is 36.3 Å². The molecule has 2 fully saturated rings. The van der Waals surface area contributed by atoms with Crippen LogP contribution in [0.4, 0.5) is 0 Å². The van der Waals surface area contributed by atoms with E-state index >= 15 is 0 Å². The van der Waals surface area contributed by atoms with Crippen LogP contribution < -0.4 is 5.32 Å². The maximum atomic E-state index is 12.5. The minimum atomic E-state index is 0.193. The Hall–Kier alpha value is -1.35. The lowest BCUT2D eigenvalue weighted by atomic mass is 10.1. The Morgan fingerprint density at radius 2 is 1.94 bits per heavy atom. The fourth-order valence-corrected chi connectivity index (χ4v) is 3.30. The van der Waals surface area contributed by atoms with Crippen LogP contribution in [0.5, 0.6) is 0 Å². The molecule has 0 saturated carbocycles. The smallest absolute Gasteiger partial charge is 0.253 e. The summed E-state index contributed by atoms with van der Waals surface area (Å²) in [7, 11) is 0. The summed E-state index contributed by atoms with van der Waals surface area (Å²) in [4.78, 5) is 14.5. The first-order chi connectivity index (χ1) is 8.63. The molecule has 1 N–H and O–H groups in total. The highest BCUT2D eigenvalue weighted by Crippen LogP contribution is 2.26. The number of carbonyl (C=O) groups excluding carboxylic acids is 1. The summed E-state index contributed by atoms with van der Waals surface area (Å²) in [6.07, 6.45) is 1.21. The number of hydrogen-bond donors (Lipinski definition) is 1. The molecular weight excluding hydrogens is 224 g/mol. The summed E-state index contributed by atoms with van der Waals surface area (Å²) in [6, 6.07) is 6.63. The number of rotatable bonds is 1. The Morgan fingerprint density at radius 1 is 1.22 bits per heavy atom. The van der Waals surface area contributed by atoms with Crippen molar-refractivity contribution in [3.05, 3.63) is 34.9 Å². The van der Waals surface area contributed by atoms with Crippen LogP contribution in [0.3, 0.4) is 0 Å². The van der Waals surface area contributed by atoms with Gasteiger partial charge in [-0.2, -0.15) is 0 Å². The van der Waals surface area contributed by atoms with Gasteiger partial charge >= 0.3 is 0 Å². The Morgan fingerprint density at radius 3 is 2.61 bits per heavy atom. The molecule has 0 unspecified atom stereocenters. The number of benzene rings is 1. The van der Waals surface area contributed by atoms with E-state index in [-0.39, 0.29) is 5.91 Å². The van der Waals surface area contributed by atoms with Gasteiger partial charge in [-0.3, -0.25) is 4.79 Å². The van der Waals surface area contributed by atoms with Gasteiger partial charge < -0.3 is 10.2 Å². The van der Waals surface area contributed by atoms with Crippen molar-refractivity contribution in [2.24, 2.45) is 5.92 Å². The topological polar surface area (TPSA) is 32.3 Å². The predicted octanol–water partition coefficient (Wildman–Crippen LogP) is 1.74. The van der Waals surface area contributed by atoms with Gasteiger partial charge in [0.1, 0.15) is 0 Å². The molecule has 18 heavy (non-hydrogen) atoms. The maximum absolute atomic E-state index is 12.5. The predicted molar refractivity (Wildman–Crippen MR) is 71.7 cm³/mol. The molecule has 0 bridgehead atoms. The summed E-state index contributed by atoms with van der Waals surface area (Å²) in [6.45, 7) is 7.00. The van der Waals surface area contributed by atoms with Crippen molar-refractivity contribution < 1.29 is 4.79 Å². The molecule has 96 valence electrons. The van der Waals surface area contributed by atoms with E-state index in [1.807, 2.05) is 30.9 Å². The molecule has 3 rings (SSSR count). The summed E-state index contributed by atoms with van der Waals surface area (Å²) in [5.74, 6) is 0.859. The van der Waals surface area contributed by atoms with Gasteiger partial charge in [-0.15, -0.1) is 0 Å². The highest BCUT2D eigenvalue weighted by Gasteiger charge is 2.38. The number of nitrogens with zero attached hydrogens (tertiary/aromatic N) is 1. The summed E-state index contributed by atoms with van der Waals surface area (Å²) < 4.78 is 0. The number of hydrogen-bond acceptors (Lipinski definition) is 2. The van der Waals surface area contributed by atoms with Crippen LogP contribution in [0.25, 0.3) is 0 Å². The lowest BCUT2D eigenvalue weighted by Crippen LogP contribution is -2.34. The molecule has 3 nitrogen and oxygen atoms in total. The molecule has 0 radical (unpaired) electrons. The van der Waals surface area contributed by atoms with E-state index in [1.165, 1.54) is 6.42 Å². The highest BCUT2D eigenvalue weighted by atomic mass is 16.2. The lowest BCUT2D eigenvalue weighted by molar-refractivity contribution is 0.0782. The van der Waals surface area contributed by atoms with Crippen molar-refractivity contribution in [1.29, 1.82) is 0 Å². The maximum Gasteiger partial charge on any atom is 0.253 e. The van der Waals surface area contributed by atoms with Crippen LogP contribution in [0.1, 0.15) is 27.9 Å². The first kappa shape index (κ1) is 11.7. The van der Waals surface area contributed by atoms with Gasteiger partial charge in [0.2, 0.25) is 0 Å². The van der Waals surface area contributed by atoms with Crippen LogP contribution in [-0.2, 0) is 0 Å². The van der Waals surface area contributed by atoms with Crippen LogP contribution in [0.15, 0.2) is 18.2 Å². The van der Waals surface area contributed by atoms with Crippen LogP contribution >= 0.6 is 0 Å². The molecule has 1 aromatic carbocycles. The normalized spacial score (nSPS) is 26.4. The minimum Gasteiger partial charge on any atom is -0.337 e. The molecule has 0 aromatic heterocycles. The molecule has 0 aliphatic carbocycles. The van der Waals surface area contributed by atoms with Gasteiger partial charge in [-0.25, -0.2) is 0 Å². The summed E-state index contributed by atoms with van der Waals surface area (Å²) in [5.41, 5.74) is 3.17. The highest BCUT2D eigenvalue weighted by molar-refractivity contribution is 5.94. The third kappa shape index (κ3) is 2.03. The van der Waals surface area contributed by atoms with Crippen LogP contribution in [0.2, 0.25) is 0 Å². The first-order valence-electron chi connectivity index (χ1n) is 6.74. The SMILES string of the molecule is Cc1cc(C)cc(C(=O)N2C[C@@H]3CCN[C@@H]3C2)c1. The standard InChI is InChI=1S/C15H20N2O/c1-10-5-11(2)7-13(6-10)15(18)17-8-12-3-4-16-14(12)9-17/h5-7,12,14,16H,3-4,8-9H2,1-2H3/t12-,14+/m0/s1. The fraction of sp³-hybridized carbons (Fsp3) is 0.533. The Balaban J connectivity index is 1.78. The summed E-state index contributed by atoms with van der Waals surface area (Å²) in [5, 5.41) is 3.48. The average molecular weight is 244 g/mol. The number of aryl methyl sites for hydroxylation is 2. The largest absolute Gasteiger partial charge is 0.337 e. The van der Waals surface area contributed by atoms with Gasteiger partial charge in [-0.1, -0.05) is 17.2 Å². The second-order valence-electron chi connectivity index (χ2n) is 5.70. The molecule has 0 spiro atoms. The third-order valence-electron chi connectivity index (χ3n) is 4.12. The molecule has 2 saturated heterocycles. The molecule has 2 aliphatic heterocycles. The zero-order valence-corrected chi connectivity index (χ0v) is 11.1. The van der Waals surface area contributed by atoms with Crippen LogP contribution in [-0.4, -0.2) is 36.5 Å². The van der Waals surface area contributed by atoms with E-state index < -0.39 is 0 Å². The van der Waals surface area contributed by atoms with Gasteiger partial charge in [-0.05, 0) is 44.9 Å². The molecule has 2 heterocycles. The Bertz CT molecular complexity index is 451. The third-order valence-corrected chi connectivity index (χ3v) is 4.12. The van der Waals surface area contributed by atoms with Gasteiger partial charge in [0.15, 0.2) is 0 Å². The quantitative estimate of drug-likeness (QED) is 0.816. The minimum absolute atomic E-state index is 0.193. The first-order valence-corrected chi connectivity index (χ1v) is 6.74. The van der Waals surface area contributed by atoms with Crippen molar-refractivity contribution in [2.75, 3.05) is 19.6 Å². The monoisotopic (exact) mass is 244 g/mol. The number of amides is 1. The molecule has 3 heteroatoms. The lowest BCUT2D eigenvalue weighted by Gasteiger charge is -2.18. The zero-order valence-electron chi connectivity index (χ0n) is 11.1. The Kier molecular flexibility index (Phi) is 2.86. The van der Waals surface area contributed by atoms with Crippen molar-refractivity contribution in [1.82, 2.24) is 10.2 Å². The van der Waals surface area contributed by atoms with E-state index in [4.69, 9.17) is 0 Å².